The molecular weight excluding hydrogens is 396 g/mol. The maximum atomic E-state index is 12.9. The number of rotatable bonds is 7. The molecule has 1 aromatic heterocycles. The van der Waals surface area contributed by atoms with Gasteiger partial charge in [0.05, 0.1) is 30.2 Å². The fraction of sp³-hybridized carbons (Fsp3) is 0.500. The molecule has 0 spiro atoms. The number of thiazole rings is 1. The lowest BCUT2D eigenvalue weighted by Crippen LogP contribution is -2.43. The second-order valence-electron chi connectivity index (χ2n) is 7.37. The highest BCUT2D eigenvalue weighted by atomic mass is 32.2. The highest BCUT2D eigenvalue weighted by Crippen LogP contribution is 2.33. The van der Waals surface area contributed by atoms with Crippen LogP contribution in [0.4, 0.5) is 0 Å². The van der Waals surface area contributed by atoms with Gasteiger partial charge in [-0.3, -0.25) is 4.79 Å². The van der Waals surface area contributed by atoms with Crippen LogP contribution in [0, 0.1) is 0 Å². The summed E-state index contributed by atoms with van der Waals surface area (Å²) in [7, 11) is -3.01. The van der Waals surface area contributed by atoms with Crippen LogP contribution in [-0.4, -0.2) is 54.4 Å². The van der Waals surface area contributed by atoms with Gasteiger partial charge in [0.2, 0.25) is 5.91 Å². The molecule has 8 heteroatoms. The minimum atomic E-state index is -3.01. The summed E-state index contributed by atoms with van der Waals surface area (Å²) in [5.74, 6) is 1.11. The van der Waals surface area contributed by atoms with Crippen molar-refractivity contribution in [2.75, 3.05) is 18.1 Å². The van der Waals surface area contributed by atoms with Gasteiger partial charge in [0.1, 0.15) is 10.8 Å². The van der Waals surface area contributed by atoms with E-state index in [-0.39, 0.29) is 35.9 Å². The predicted octanol–water partition coefficient (Wildman–Crippen LogP) is 2.93. The molecule has 1 saturated carbocycles. The Hall–Kier alpha value is -1.93. The molecule has 150 valence electrons. The average molecular weight is 421 g/mol. The van der Waals surface area contributed by atoms with Crippen LogP contribution in [0.3, 0.4) is 0 Å². The predicted molar refractivity (Wildman–Crippen MR) is 109 cm³/mol. The van der Waals surface area contributed by atoms with Crippen molar-refractivity contribution in [3.63, 3.8) is 0 Å². The number of sulfone groups is 1. The van der Waals surface area contributed by atoms with E-state index in [2.05, 4.69) is 4.98 Å². The fourth-order valence-electron chi connectivity index (χ4n) is 3.68. The second kappa shape index (κ2) is 7.83. The van der Waals surface area contributed by atoms with Crippen molar-refractivity contribution in [2.45, 2.75) is 44.7 Å². The summed E-state index contributed by atoms with van der Waals surface area (Å²) in [4.78, 5) is 19.4. The number of benzene rings is 1. The van der Waals surface area contributed by atoms with Gasteiger partial charge >= 0.3 is 0 Å². The third kappa shape index (κ3) is 4.38. The van der Waals surface area contributed by atoms with Gasteiger partial charge in [0.15, 0.2) is 9.84 Å². The number of aromatic nitrogens is 1. The Morgan fingerprint density at radius 1 is 1.21 bits per heavy atom. The maximum absolute atomic E-state index is 12.9. The first kappa shape index (κ1) is 19.4. The minimum Gasteiger partial charge on any atom is -0.494 e. The van der Waals surface area contributed by atoms with E-state index in [1.165, 1.54) is 11.3 Å². The summed E-state index contributed by atoms with van der Waals surface area (Å²) in [5, 5.41) is 2.78. The summed E-state index contributed by atoms with van der Waals surface area (Å²) >= 11 is 1.51. The molecular formula is C20H24N2O4S2. The van der Waals surface area contributed by atoms with Gasteiger partial charge < -0.3 is 9.64 Å². The summed E-state index contributed by atoms with van der Waals surface area (Å²) in [6.07, 6.45) is 2.72. The smallest absolute Gasteiger partial charge is 0.229 e. The molecule has 2 heterocycles. The third-order valence-corrected chi connectivity index (χ3v) is 7.82. The molecule has 1 aliphatic carbocycles. The van der Waals surface area contributed by atoms with E-state index >= 15 is 0 Å². The van der Waals surface area contributed by atoms with Gasteiger partial charge in [-0.2, -0.15) is 0 Å². The van der Waals surface area contributed by atoms with Gasteiger partial charge in [0.25, 0.3) is 0 Å². The van der Waals surface area contributed by atoms with E-state index in [0.29, 0.717) is 13.0 Å². The Labute approximate surface area is 169 Å². The van der Waals surface area contributed by atoms with Gasteiger partial charge in [0, 0.05) is 23.0 Å². The molecule has 1 amide bonds. The molecule has 1 saturated heterocycles. The molecule has 2 aliphatic rings. The van der Waals surface area contributed by atoms with Crippen LogP contribution in [0.2, 0.25) is 0 Å². The van der Waals surface area contributed by atoms with Crippen LogP contribution >= 0.6 is 11.3 Å². The van der Waals surface area contributed by atoms with Crippen LogP contribution in [0.5, 0.6) is 5.75 Å². The minimum absolute atomic E-state index is 0.00635. The maximum Gasteiger partial charge on any atom is 0.229 e. The zero-order valence-corrected chi connectivity index (χ0v) is 17.5. The SMILES string of the molecule is CCOc1ccc(-c2nc(CC(=O)N(C3CC3)C3CCS(=O)(=O)C3)cs2)cc1. The molecule has 2 aromatic rings. The summed E-state index contributed by atoms with van der Waals surface area (Å²) in [6.45, 7) is 2.58. The van der Waals surface area contributed by atoms with Gasteiger partial charge in [-0.05, 0) is 50.5 Å². The van der Waals surface area contributed by atoms with E-state index in [4.69, 9.17) is 4.74 Å². The number of hydrogen-bond donors (Lipinski definition) is 0. The van der Waals surface area contributed by atoms with E-state index in [9.17, 15) is 13.2 Å². The van der Waals surface area contributed by atoms with Crippen molar-refractivity contribution in [1.29, 1.82) is 0 Å². The zero-order valence-electron chi connectivity index (χ0n) is 15.8. The Kier molecular flexibility index (Phi) is 5.42. The lowest BCUT2D eigenvalue weighted by atomic mass is 10.2. The van der Waals surface area contributed by atoms with Crippen molar-refractivity contribution in [3.8, 4) is 16.3 Å². The van der Waals surface area contributed by atoms with Crippen LogP contribution in [0.1, 0.15) is 31.9 Å². The molecule has 1 unspecified atom stereocenters. The van der Waals surface area contributed by atoms with Crippen molar-refractivity contribution in [1.82, 2.24) is 9.88 Å². The number of ether oxygens (including phenoxy) is 1. The summed E-state index contributed by atoms with van der Waals surface area (Å²) in [5.41, 5.74) is 1.73. The number of nitrogens with zero attached hydrogens (tertiary/aromatic N) is 2. The van der Waals surface area contributed by atoms with Crippen LogP contribution in [0.25, 0.3) is 10.6 Å². The normalized spacial score (nSPS) is 20.8. The molecule has 28 heavy (non-hydrogen) atoms. The molecule has 0 radical (unpaired) electrons. The molecule has 0 N–H and O–H groups in total. The van der Waals surface area contributed by atoms with Gasteiger partial charge in [-0.15, -0.1) is 11.3 Å². The number of carbonyl (C=O) groups excluding carboxylic acids is 1. The first-order valence-corrected chi connectivity index (χ1v) is 12.3. The molecule has 1 aromatic carbocycles. The second-order valence-corrected chi connectivity index (χ2v) is 10.5. The lowest BCUT2D eigenvalue weighted by molar-refractivity contribution is -0.133. The summed E-state index contributed by atoms with van der Waals surface area (Å²) in [6, 6.07) is 7.80. The molecule has 4 rings (SSSR count). The Balaban J connectivity index is 1.44. The Morgan fingerprint density at radius 2 is 1.96 bits per heavy atom. The lowest BCUT2D eigenvalue weighted by Gasteiger charge is -2.28. The van der Waals surface area contributed by atoms with E-state index in [1.54, 1.807) is 0 Å². The first-order chi connectivity index (χ1) is 13.4. The quantitative estimate of drug-likeness (QED) is 0.688. The first-order valence-electron chi connectivity index (χ1n) is 9.64. The average Bonchev–Trinajstić information content (AvgIpc) is 3.26. The van der Waals surface area contributed by atoms with Crippen molar-refractivity contribution in [3.05, 3.63) is 35.3 Å². The van der Waals surface area contributed by atoms with Crippen LogP contribution in [-0.2, 0) is 21.1 Å². The van der Waals surface area contributed by atoms with Crippen molar-refractivity contribution < 1.29 is 17.9 Å². The molecule has 1 atom stereocenters. The number of carbonyl (C=O) groups is 1. The van der Waals surface area contributed by atoms with E-state index < -0.39 is 9.84 Å². The number of amides is 1. The highest BCUT2D eigenvalue weighted by Gasteiger charge is 2.42. The van der Waals surface area contributed by atoms with E-state index in [0.717, 1.165) is 34.9 Å². The largest absolute Gasteiger partial charge is 0.494 e. The van der Waals surface area contributed by atoms with Crippen LogP contribution < -0.4 is 4.74 Å². The monoisotopic (exact) mass is 420 g/mol. The number of hydrogen-bond acceptors (Lipinski definition) is 6. The highest BCUT2D eigenvalue weighted by molar-refractivity contribution is 7.91. The summed E-state index contributed by atoms with van der Waals surface area (Å²) < 4.78 is 29.1. The molecule has 2 fully saturated rings. The van der Waals surface area contributed by atoms with Crippen LogP contribution in [0.15, 0.2) is 29.6 Å². The Bertz CT molecular complexity index is 949. The van der Waals surface area contributed by atoms with Gasteiger partial charge in [-0.1, -0.05) is 0 Å². The Morgan fingerprint density at radius 3 is 2.57 bits per heavy atom. The zero-order chi connectivity index (χ0) is 19.7. The fourth-order valence-corrected chi connectivity index (χ4v) is 6.22. The van der Waals surface area contributed by atoms with E-state index in [1.807, 2.05) is 41.5 Å². The van der Waals surface area contributed by atoms with Crippen molar-refractivity contribution >= 4 is 27.1 Å². The topological polar surface area (TPSA) is 76.6 Å². The van der Waals surface area contributed by atoms with Crippen molar-refractivity contribution in [2.24, 2.45) is 0 Å². The molecule has 1 aliphatic heterocycles. The van der Waals surface area contributed by atoms with Gasteiger partial charge in [-0.25, -0.2) is 13.4 Å². The molecule has 0 bridgehead atoms. The standard InChI is InChI=1S/C20H24N2O4S2/c1-2-26-18-7-3-14(4-8-18)20-21-15(12-27-20)11-19(23)22(16-5-6-16)17-9-10-28(24,25)13-17/h3-4,7-8,12,16-17H,2,5-6,9-11,13H2,1H3. The molecule has 6 nitrogen and oxygen atoms in total. The third-order valence-electron chi connectivity index (χ3n) is 5.13.